The fraction of sp³-hybridized carbons (Fsp3) is 0.484. The number of rotatable bonds is 8. The predicted octanol–water partition coefficient (Wildman–Crippen LogP) is 4.37. The molecule has 1 saturated heterocycles. The van der Waals surface area contributed by atoms with Gasteiger partial charge in [-0.3, -0.25) is 14.5 Å². The first-order valence-corrected chi connectivity index (χ1v) is 13.8. The van der Waals surface area contributed by atoms with Crippen molar-refractivity contribution in [2.75, 3.05) is 39.3 Å². The zero-order chi connectivity index (χ0) is 25.9. The number of ether oxygens (including phenoxy) is 1. The highest BCUT2D eigenvalue weighted by Crippen LogP contribution is 2.41. The van der Waals surface area contributed by atoms with Gasteiger partial charge in [0.15, 0.2) is 6.10 Å². The van der Waals surface area contributed by atoms with Crippen molar-refractivity contribution in [1.29, 1.82) is 0 Å². The Morgan fingerprint density at radius 2 is 1.86 bits per heavy atom. The Hall–Kier alpha value is -3.12. The second-order valence-corrected chi connectivity index (χ2v) is 10.7. The molecular formula is C31H39N3O3. The molecule has 0 aromatic heterocycles. The molecule has 2 fully saturated rings. The summed E-state index contributed by atoms with van der Waals surface area (Å²) in [5.41, 5.74) is 4.67. The Labute approximate surface area is 220 Å². The summed E-state index contributed by atoms with van der Waals surface area (Å²) < 4.78 is 6.36. The molecule has 0 spiro atoms. The zero-order valence-electron chi connectivity index (χ0n) is 22.2. The van der Waals surface area contributed by atoms with Crippen molar-refractivity contribution >= 4 is 11.8 Å². The molecule has 1 aliphatic carbocycles. The molecule has 196 valence electrons. The molecule has 0 unspecified atom stereocenters. The van der Waals surface area contributed by atoms with Crippen LogP contribution in [0.2, 0.25) is 0 Å². The van der Waals surface area contributed by atoms with E-state index in [2.05, 4.69) is 59.7 Å². The van der Waals surface area contributed by atoms with Crippen LogP contribution in [0.3, 0.4) is 0 Å². The first kappa shape index (κ1) is 25.5. The summed E-state index contributed by atoms with van der Waals surface area (Å²) in [5.74, 6) is 1.19. The van der Waals surface area contributed by atoms with Crippen molar-refractivity contribution in [1.82, 2.24) is 14.7 Å². The van der Waals surface area contributed by atoms with Gasteiger partial charge < -0.3 is 14.5 Å². The number of piperazine rings is 1. The lowest BCUT2D eigenvalue weighted by atomic mass is 9.87. The minimum absolute atomic E-state index is 0.0549. The quantitative estimate of drug-likeness (QED) is 0.504. The number of carbonyl (C=O) groups is 2. The predicted molar refractivity (Wildman–Crippen MR) is 146 cm³/mol. The van der Waals surface area contributed by atoms with Gasteiger partial charge in [0.2, 0.25) is 5.91 Å². The minimum Gasteiger partial charge on any atom is -0.481 e. The maximum atomic E-state index is 13.3. The van der Waals surface area contributed by atoms with E-state index in [1.54, 1.807) is 0 Å². The molecule has 2 aliphatic heterocycles. The second-order valence-electron chi connectivity index (χ2n) is 10.7. The van der Waals surface area contributed by atoms with E-state index in [1.165, 1.54) is 11.1 Å². The highest BCUT2D eigenvalue weighted by molar-refractivity contribution is 5.83. The summed E-state index contributed by atoms with van der Waals surface area (Å²) in [4.78, 5) is 33.0. The molecule has 2 amide bonds. The highest BCUT2D eigenvalue weighted by Gasteiger charge is 2.40. The van der Waals surface area contributed by atoms with E-state index in [-0.39, 0.29) is 23.8 Å². The van der Waals surface area contributed by atoms with Crippen LogP contribution in [0.25, 0.3) is 0 Å². The third-order valence-corrected chi connectivity index (χ3v) is 7.91. The fourth-order valence-corrected chi connectivity index (χ4v) is 5.68. The Morgan fingerprint density at radius 1 is 1.08 bits per heavy atom. The monoisotopic (exact) mass is 501 g/mol. The van der Waals surface area contributed by atoms with Crippen molar-refractivity contribution in [3.8, 4) is 5.75 Å². The van der Waals surface area contributed by atoms with Crippen LogP contribution in [0.5, 0.6) is 5.75 Å². The molecule has 2 heterocycles. The molecule has 0 N–H and O–H groups in total. The Morgan fingerprint density at radius 3 is 2.54 bits per heavy atom. The first-order valence-electron chi connectivity index (χ1n) is 13.8. The average Bonchev–Trinajstić information content (AvgIpc) is 3.76. The fourth-order valence-electron chi connectivity index (χ4n) is 5.68. The molecule has 1 saturated carbocycles. The molecule has 0 bridgehead atoms. The molecular weight excluding hydrogens is 462 g/mol. The maximum Gasteiger partial charge on any atom is 0.263 e. The van der Waals surface area contributed by atoms with Crippen LogP contribution in [0.4, 0.5) is 0 Å². The number of hydrogen-bond acceptors (Lipinski definition) is 4. The van der Waals surface area contributed by atoms with Crippen LogP contribution in [-0.4, -0.2) is 71.9 Å². The van der Waals surface area contributed by atoms with Crippen LogP contribution in [0, 0.1) is 12.8 Å². The summed E-state index contributed by atoms with van der Waals surface area (Å²) in [6.45, 7) is 12.6. The van der Waals surface area contributed by atoms with Crippen molar-refractivity contribution in [2.45, 2.75) is 51.7 Å². The van der Waals surface area contributed by atoms with Gasteiger partial charge in [-0.15, -0.1) is 6.58 Å². The first-order chi connectivity index (χ1) is 18.0. The van der Waals surface area contributed by atoms with Crippen molar-refractivity contribution in [3.05, 3.63) is 77.4 Å². The van der Waals surface area contributed by atoms with Gasteiger partial charge in [-0.05, 0) is 61.4 Å². The molecule has 3 aliphatic rings. The number of carbonyl (C=O) groups excluding carboxylic acids is 2. The number of fused-ring (bicyclic) bond motifs is 1. The van der Waals surface area contributed by atoms with Gasteiger partial charge in [0.05, 0.1) is 6.04 Å². The molecule has 6 nitrogen and oxygen atoms in total. The summed E-state index contributed by atoms with van der Waals surface area (Å²) in [5, 5.41) is 0. The summed E-state index contributed by atoms with van der Waals surface area (Å²) >= 11 is 0. The van der Waals surface area contributed by atoms with E-state index in [9.17, 15) is 9.59 Å². The van der Waals surface area contributed by atoms with E-state index in [1.807, 2.05) is 24.0 Å². The van der Waals surface area contributed by atoms with E-state index in [0.717, 1.165) is 56.6 Å². The van der Waals surface area contributed by atoms with Gasteiger partial charge >= 0.3 is 0 Å². The Balaban J connectivity index is 1.38. The third kappa shape index (κ3) is 5.59. The molecule has 37 heavy (non-hydrogen) atoms. The molecule has 2 atom stereocenters. The molecule has 2 aromatic carbocycles. The van der Waals surface area contributed by atoms with Crippen molar-refractivity contribution in [2.24, 2.45) is 5.92 Å². The Bertz CT molecular complexity index is 1150. The lowest BCUT2D eigenvalue weighted by molar-refractivity contribution is -0.140. The van der Waals surface area contributed by atoms with Gasteiger partial charge in [-0.25, -0.2) is 0 Å². The van der Waals surface area contributed by atoms with Gasteiger partial charge in [0, 0.05) is 45.2 Å². The van der Waals surface area contributed by atoms with Crippen LogP contribution < -0.4 is 4.74 Å². The molecule has 5 rings (SSSR count). The van der Waals surface area contributed by atoms with E-state index in [0.29, 0.717) is 25.3 Å². The largest absolute Gasteiger partial charge is 0.481 e. The number of aryl methyl sites for hydroxylation is 1. The highest BCUT2D eigenvalue weighted by atomic mass is 16.5. The molecule has 2 aromatic rings. The summed E-state index contributed by atoms with van der Waals surface area (Å²) in [6, 6.07) is 14.5. The SMILES string of the molecule is C=CCN1CCN(C(=O)[C@@H](CC)Oc2ccc3c(c2)[C@H](c2cccc(C)c2)N(C(=O)C2CC2)CC3)CC1. The van der Waals surface area contributed by atoms with E-state index >= 15 is 0 Å². The van der Waals surface area contributed by atoms with E-state index in [4.69, 9.17) is 4.74 Å². The third-order valence-electron chi connectivity index (χ3n) is 7.91. The summed E-state index contributed by atoms with van der Waals surface area (Å²) in [6.07, 6.45) is 4.82. The normalized spacial score (nSPS) is 20.8. The second kappa shape index (κ2) is 11.1. The lowest BCUT2D eigenvalue weighted by Gasteiger charge is -2.38. The number of benzene rings is 2. The zero-order valence-corrected chi connectivity index (χ0v) is 22.2. The van der Waals surface area contributed by atoms with E-state index < -0.39 is 6.10 Å². The Kier molecular flexibility index (Phi) is 7.65. The van der Waals surface area contributed by atoms with Crippen LogP contribution in [0.1, 0.15) is 54.5 Å². The van der Waals surface area contributed by atoms with Crippen molar-refractivity contribution in [3.63, 3.8) is 0 Å². The minimum atomic E-state index is -0.519. The topological polar surface area (TPSA) is 53.1 Å². The van der Waals surface area contributed by atoms with Crippen molar-refractivity contribution < 1.29 is 14.3 Å². The molecule has 0 radical (unpaired) electrons. The molecule has 6 heteroatoms. The van der Waals surface area contributed by atoms with Crippen LogP contribution in [0.15, 0.2) is 55.1 Å². The van der Waals surface area contributed by atoms with Gasteiger partial charge in [-0.2, -0.15) is 0 Å². The number of nitrogens with zero attached hydrogens (tertiary/aromatic N) is 3. The summed E-state index contributed by atoms with van der Waals surface area (Å²) in [7, 11) is 0. The van der Waals surface area contributed by atoms with Crippen LogP contribution in [-0.2, 0) is 16.0 Å². The standard InChI is InChI=1S/C31H39N3O3/c1-4-14-32-16-18-33(19-17-32)31(36)28(5-2)37-26-12-11-23-13-15-34(30(35)24-9-10-24)29(27(23)21-26)25-8-6-7-22(3)20-25/h4,6-8,11-12,20-21,24,28-29H,1,5,9-10,13-19H2,2-3H3/t28-,29+/m1/s1. The van der Waals surface area contributed by atoms with Gasteiger partial charge in [0.1, 0.15) is 5.75 Å². The van der Waals surface area contributed by atoms with Gasteiger partial charge in [-0.1, -0.05) is 48.9 Å². The number of hydrogen-bond donors (Lipinski definition) is 0. The maximum absolute atomic E-state index is 13.3. The van der Waals surface area contributed by atoms with Gasteiger partial charge in [0.25, 0.3) is 5.91 Å². The number of amides is 2. The van der Waals surface area contributed by atoms with Crippen LogP contribution >= 0.6 is 0 Å². The average molecular weight is 502 g/mol. The lowest BCUT2D eigenvalue weighted by Crippen LogP contribution is -2.52. The smallest absolute Gasteiger partial charge is 0.263 e.